The van der Waals surface area contributed by atoms with Gasteiger partial charge in [0.2, 0.25) is 0 Å². The highest BCUT2D eigenvalue weighted by molar-refractivity contribution is 5.92. The number of H-pyrrole nitrogens is 1. The van der Waals surface area contributed by atoms with Crippen LogP contribution in [-0.2, 0) is 5.54 Å². The first kappa shape index (κ1) is 15.4. The zero-order valence-corrected chi connectivity index (χ0v) is 13.2. The molecule has 0 amide bonds. The molecule has 0 aliphatic heterocycles. The SMILES string of the molecule is CC(C)(C)CC(C)(C)n1c(=O)[nH]c2cc(C(=O)O)ccc21. The molecule has 0 radical (unpaired) electrons. The van der Waals surface area contributed by atoms with Crippen molar-refractivity contribution in [2.45, 2.75) is 46.6 Å². The van der Waals surface area contributed by atoms with E-state index in [-0.39, 0.29) is 22.2 Å². The number of benzene rings is 1. The van der Waals surface area contributed by atoms with Crippen LogP contribution >= 0.6 is 0 Å². The van der Waals surface area contributed by atoms with E-state index >= 15 is 0 Å². The smallest absolute Gasteiger partial charge is 0.335 e. The molecule has 0 saturated carbocycles. The maximum absolute atomic E-state index is 12.3. The Kier molecular flexibility index (Phi) is 3.48. The van der Waals surface area contributed by atoms with Crippen LogP contribution in [0.2, 0.25) is 0 Å². The number of nitrogens with one attached hydrogen (secondary N) is 1. The molecular weight excluding hydrogens is 268 g/mol. The summed E-state index contributed by atoms with van der Waals surface area (Å²) >= 11 is 0. The summed E-state index contributed by atoms with van der Waals surface area (Å²) < 4.78 is 1.72. The number of carboxylic acid groups (broad SMARTS) is 1. The van der Waals surface area contributed by atoms with E-state index in [1.165, 1.54) is 12.1 Å². The average molecular weight is 290 g/mol. The molecule has 0 aliphatic rings. The van der Waals surface area contributed by atoms with Gasteiger partial charge in [-0.1, -0.05) is 20.8 Å². The molecule has 0 spiro atoms. The molecular formula is C16H22N2O3. The highest BCUT2D eigenvalue weighted by Gasteiger charge is 2.30. The highest BCUT2D eigenvalue weighted by atomic mass is 16.4. The van der Waals surface area contributed by atoms with Gasteiger partial charge >= 0.3 is 11.7 Å². The number of aromatic nitrogens is 2. The molecule has 114 valence electrons. The summed E-state index contributed by atoms with van der Waals surface area (Å²) in [5.74, 6) is -1.00. The minimum absolute atomic E-state index is 0.0769. The quantitative estimate of drug-likeness (QED) is 0.911. The van der Waals surface area contributed by atoms with E-state index < -0.39 is 5.97 Å². The van der Waals surface area contributed by atoms with Crippen molar-refractivity contribution in [3.05, 3.63) is 34.2 Å². The van der Waals surface area contributed by atoms with Gasteiger partial charge in [0.15, 0.2) is 0 Å². The predicted octanol–water partition coefficient (Wildman–Crippen LogP) is 3.20. The van der Waals surface area contributed by atoms with Crippen LogP contribution in [0.25, 0.3) is 11.0 Å². The number of hydrogen-bond acceptors (Lipinski definition) is 2. The first-order chi connectivity index (χ1) is 9.51. The number of nitrogens with zero attached hydrogens (tertiary/aromatic N) is 1. The molecule has 2 rings (SSSR count). The van der Waals surface area contributed by atoms with Crippen LogP contribution in [-0.4, -0.2) is 20.6 Å². The first-order valence-electron chi connectivity index (χ1n) is 7.00. The van der Waals surface area contributed by atoms with E-state index in [0.717, 1.165) is 11.9 Å². The number of hydrogen-bond donors (Lipinski definition) is 2. The van der Waals surface area contributed by atoms with Crippen LogP contribution in [0.1, 0.15) is 51.4 Å². The van der Waals surface area contributed by atoms with E-state index in [9.17, 15) is 9.59 Å². The van der Waals surface area contributed by atoms with E-state index in [4.69, 9.17) is 5.11 Å². The monoisotopic (exact) mass is 290 g/mol. The summed E-state index contributed by atoms with van der Waals surface area (Å²) in [5.41, 5.74) is 0.971. The van der Waals surface area contributed by atoms with Gasteiger partial charge in [-0.15, -0.1) is 0 Å². The molecule has 0 unspecified atom stereocenters. The largest absolute Gasteiger partial charge is 0.478 e. The van der Waals surface area contributed by atoms with Crippen molar-refractivity contribution in [1.29, 1.82) is 0 Å². The van der Waals surface area contributed by atoms with Crippen LogP contribution in [0, 0.1) is 5.41 Å². The lowest BCUT2D eigenvalue weighted by atomic mass is 9.81. The van der Waals surface area contributed by atoms with E-state index in [0.29, 0.717) is 5.52 Å². The fraction of sp³-hybridized carbons (Fsp3) is 0.500. The van der Waals surface area contributed by atoms with Crippen molar-refractivity contribution in [1.82, 2.24) is 9.55 Å². The Bertz CT molecular complexity index is 745. The van der Waals surface area contributed by atoms with Gasteiger partial charge in [0.25, 0.3) is 0 Å². The van der Waals surface area contributed by atoms with Crippen LogP contribution in [0.15, 0.2) is 23.0 Å². The molecule has 1 aromatic heterocycles. The molecule has 5 nitrogen and oxygen atoms in total. The van der Waals surface area contributed by atoms with Crippen LogP contribution in [0.5, 0.6) is 0 Å². The van der Waals surface area contributed by atoms with Crippen LogP contribution in [0.4, 0.5) is 0 Å². The third-order valence-electron chi connectivity index (χ3n) is 3.50. The Morgan fingerprint density at radius 3 is 2.38 bits per heavy atom. The predicted molar refractivity (Wildman–Crippen MR) is 82.9 cm³/mol. The molecule has 1 aromatic carbocycles. The van der Waals surface area contributed by atoms with Gasteiger partial charge in [0.05, 0.1) is 16.6 Å². The Labute approximate surface area is 123 Å². The zero-order valence-electron chi connectivity index (χ0n) is 13.2. The first-order valence-corrected chi connectivity index (χ1v) is 7.00. The van der Waals surface area contributed by atoms with E-state index in [2.05, 4.69) is 25.8 Å². The summed E-state index contributed by atoms with van der Waals surface area (Å²) in [6.45, 7) is 10.5. The summed E-state index contributed by atoms with van der Waals surface area (Å²) in [6.07, 6.45) is 0.827. The van der Waals surface area contributed by atoms with Crippen LogP contribution in [0.3, 0.4) is 0 Å². The van der Waals surface area contributed by atoms with Crippen molar-refractivity contribution in [2.24, 2.45) is 5.41 Å². The molecule has 0 atom stereocenters. The highest BCUT2D eigenvalue weighted by Crippen LogP contribution is 2.33. The Morgan fingerprint density at radius 1 is 1.24 bits per heavy atom. The van der Waals surface area contributed by atoms with Gasteiger partial charge in [0, 0.05) is 5.54 Å². The molecule has 0 bridgehead atoms. The third kappa shape index (κ3) is 3.01. The van der Waals surface area contributed by atoms with Crippen LogP contribution < -0.4 is 5.69 Å². The summed E-state index contributed by atoms with van der Waals surface area (Å²) in [6, 6.07) is 4.73. The van der Waals surface area contributed by atoms with E-state index in [1.807, 2.05) is 13.8 Å². The fourth-order valence-corrected chi connectivity index (χ4v) is 3.22. The number of aromatic amines is 1. The minimum atomic E-state index is -1.00. The van der Waals surface area contributed by atoms with Gasteiger partial charge in [0.1, 0.15) is 0 Å². The molecule has 2 aromatic rings. The fourth-order valence-electron chi connectivity index (χ4n) is 3.22. The molecule has 0 saturated heterocycles. The zero-order chi connectivity index (χ0) is 16.0. The van der Waals surface area contributed by atoms with Crippen molar-refractivity contribution >= 4 is 17.0 Å². The minimum Gasteiger partial charge on any atom is -0.478 e. The second-order valence-electron chi connectivity index (χ2n) is 7.35. The molecule has 1 heterocycles. The number of carboxylic acids is 1. The topological polar surface area (TPSA) is 75.1 Å². The maximum Gasteiger partial charge on any atom is 0.335 e. The summed E-state index contributed by atoms with van der Waals surface area (Å²) in [5, 5.41) is 9.03. The van der Waals surface area contributed by atoms with E-state index in [1.54, 1.807) is 10.6 Å². The number of fused-ring (bicyclic) bond motifs is 1. The van der Waals surface area contributed by atoms with Crippen molar-refractivity contribution in [3.63, 3.8) is 0 Å². The Balaban J connectivity index is 2.62. The number of aromatic carboxylic acids is 1. The molecule has 0 fully saturated rings. The Morgan fingerprint density at radius 2 is 1.86 bits per heavy atom. The third-order valence-corrected chi connectivity index (χ3v) is 3.50. The lowest BCUT2D eigenvalue weighted by molar-refractivity contribution is 0.0697. The standard InChI is InChI=1S/C16H22N2O3/c1-15(2,3)9-16(4,5)18-12-7-6-10(13(19)20)8-11(12)17-14(18)21/h6-8H,9H2,1-5H3,(H,17,21)(H,19,20). The lowest BCUT2D eigenvalue weighted by Gasteiger charge is -2.33. The second kappa shape index (κ2) is 4.76. The van der Waals surface area contributed by atoms with Gasteiger partial charge < -0.3 is 10.1 Å². The van der Waals surface area contributed by atoms with Crippen molar-refractivity contribution in [3.8, 4) is 0 Å². The van der Waals surface area contributed by atoms with Crippen molar-refractivity contribution < 1.29 is 9.90 Å². The molecule has 5 heteroatoms. The normalized spacial score (nSPS) is 12.8. The molecule has 21 heavy (non-hydrogen) atoms. The molecule has 2 N–H and O–H groups in total. The summed E-state index contributed by atoms with van der Waals surface area (Å²) in [7, 11) is 0. The summed E-state index contributed by atoms with van der Waals surface area (Å²) in [4.78, 5) is 26.1. The number of rotatable bonds is 3. The van der Waals surface area contributed by atoms with Gasteiger partial charge in [-0.25, -0.2) is 9.59 Å². The number of carbonyl (C=O) groups is 1. The average Bonchev–Trinajstić information content (AvgIpc) is 2.60. The Hall–Kier alpha value is -2.04. The maximum atomic E-state index is 12.3. The lowest BCUT2D eigenvalue weighted by Crippen LogP contribution is -2.37. The van der Waals surface area contributed by atoms with Gasteiger partial charge in [-0.2, -0.15) is 0 Å². The molecule has 0 aliphatic carbocycles. The van der Waals surface area contributed by atoms with Gasteiger partial charge in [-0.3, -0.25) is 4.57 Å². The van der Waals surface area contributed by atoms with Gasteiger partial charge in [-0.05, 0) is 43.9 Å². The second-order valence-corrected chi connectivity index (χ2v) is 7.35. The van der Waals surface area contributed by atoms with Crippen molar-refractivity contribution in [2.75, 3.05) is 0 Å². The number of imidazole rings is 1.